The molecule has 0 atom stereocenters. The summed E-state index contributed by atoms with van der Waals surface area (Å²) in [5, 5.41) is 3.23. The third-order valence-corrected chi connectivity index (χ3v) is 4.25. The van der Waals surface area contributed by atoms with Gasteiger partial charge in [-0.3, -0.25) is 0 Å². The smallest absolute Gasteiger partial charge is 0.141 e. The zero-order valence-electron chi connectivity index (χ0n) is 7.90. The van der Waals surface area contributed by atoms with Gasteiger partial charge in [0, 0.05) is 10.3 Å². The Bertz CT molecular complexity index is 462. The number of ether oxygens (including phenoxy) is 1. The highest BCUT2D eigenvalue weighted by molar-refractivity contribution is 7.98. The normalized spacial score (nSPS) is 10.8. The topological polar surface area (TPSA) is 9.23 Å². The summed E-state index contributed by atoms with van der Waals surface area (Å²) in [4.78, 5) is 2.17. The molecule has 14 heavy (non-hydrogen) atoms. The first-order chi connectivity index (χ1) is 6.77. The van der Waals surface area contributed by atoms with E-state index in [0.717, 1.165) is 20.9 Å². The van der Waals surface area contributed by atoms with Gasteiger partial charge >= 0.3 is 0 Å². The van der Waals surface area contributed by atoms with Gasteiger partial charge in [0.25, 0.3) is 0 Å². The van der Waals surface area contributed by atoms with Gasteiger partial charge in [0.2, 0.25) is 0 Å². The molecule has 1 heterocycles. The minimum atomic E-state index is 0.964. The van der Waals surface area contributed by atoms with Crippen LogP contribution in [0.4, 0.5) is 0 Å². The Morgan fingerprint density at radius 3 is 2.93 bits per heavy atom. The van der Waals surface area contributed by atoms with Crippen LogP contribution in [0.3, 0.4) is 0 Å². The van der Waals surface area contributed by atoms with Gasteiger partial charge in [-0.15, -0.1) is 35.7 Å². The summed E-state index contributed by atoms with van der Waals surface area (Å²) in [5.74, 6) is 0.964. The molecule has 0 unspecified atom stereocenters. The van der Waals surface area contributed by atoms with E-state index in [1.54, 1.807) is 30.2 Å². The molecule has 0 fully saturated rings. The molecule has 0 aliphatic carbocycles. The Hall–Kier alpha value is -0.320. The number of hydrogen-bond acceptors (Lipinski definition) is 4. The molecule has 0 amide bonds. The highest BCUT2D eigenvalue weighted by Gasteiger charge is 2.11. The van der Waals surface area contributed by atoms with Crippen LogP contribution in [0.15, 0.2) is 27.3 Å². The summed E-state index contributed by atoms with van der Waals surface area (Å²) >= 11 is 7.85. The van der Waals surface area contributed by atoms with Crippen molar-refractivity contribution in [2.75, 3.05) is 13.4 Å². The predicted molar refractivity (Wildman–Crippen MR) is 67.4 cm³/mol. The van der Waals surface area contributed by atoms with Crippen molar-refractivity contribution in [3.05, 3.63) is 17.5 Å². The summed E-state index contributed by atoms with van der Waals surface area (Å²) in [6, 6.07) is 4.14. The Morgan fingerprint density at radius 2 is 2.29 bits per heavy atom. The van der Waals surface area contributed by atoms with Crippen molar-refractivity contribution in [3.8, 4) is 5.75 Å². The van der Waals surface area contributed by atoms with Crippen LogP contribution in [0, 0.1) is 0 Å². The maximum absolute atomic E-state index is 5.41. The number of methoxy groups -OCH3 is 1. The second kappa shape index (κ2) is 4.04. The third-order valence-electron chi connectivity index (χ3n) is 2.06. The average molecular weight is 242 g/mol. The summed E-state index contributed by atoms with van der Waals surface area (Å²) in [5.41, 5.74) is 0. The van der Waals surface area contributed by atoms with Crippen molar-refractivity contribution < 1.29 is 4.74 Å². The van der Waals surface area contributed by atoms with Gasteiger partial charge in [0.15, 0.2) is 0 Å². The summed E-state index contributed by atoms with van der Waals surface area (Å²) in [6.45, 7) is 0. The molecular formula is C10H10OS3. The number of hydrogen-bond donors (Lipinski definition) is 1. The molecule has 0 N–H and O–H groups in total. The van der Waals surface area contributed by atoms with Crippen molar-refractivity contribution in [3.63, 3.8) is 0 Å². The van der Waals surface area contributed by atoms with E-state index in [0.29, 0.717) is 0 Å². The highest BCUT2D eigenvalue weighted by Crippen LogP contribution is 2.41. The quantitative estimate of drug-likeness (QED) is 0.631. The van der Waals surface area contributed by atoms with Crippen molar-refractivity contribution in [2.45, 2.75) is 9.79 Å². The molecule has 74 valence electrons. The van der Waals surface area contributed by atoms with E-state index in [4.69, 9.17) is 4.74 Å². The predicted octanol–water partition coefficient (Wildman–Crippen LogP) is 3.92. The molecule has 2 rings (SSSR count). The van der Waals surface area contributed by atoms with Gasteiger partial charge in [0.1, 0.15) is 5.75 Å². The van der Waals surface area contributed by atoms with Crippen LogP contribution in [-0.4, -0.2) is 13.4 Å². The summed E-state index contributed by atoms with van der Waals surface area (Å²) in [7, 11) is 1.71. The minimum Gasteiger partial charge on any atom is -0.495 e. The first-order valence-electron chi connectivity index (χ1n) is 4.09. The molecule has 0 spiro atoms. The number of fused-ring (bicyclic) bond motifs is 1. The first kappa shape index (κ1) is 10.2. The molecular weight excluding hydrogens is 232 g/mol. The second-order valence-electron chi connectivity index (χ2n) is 2.79. The molecule has 0 radical (unpaired) electrons. The fourth-order valence-corrected chi connectivity index (χ4v) is 3.35. The van der Waals surface area contributed by atoms with E-state index in [2.05, 4.69) is 30.1 Å². The molecule has 1 nitrogen and oxygen atoms in total. The number of thiophene rings is 1. The van der Waals surface area contributed by atoms with Gasteiger partial charge in [0.05, 0.1) is 16.7 Å². The minimum absolute atomic E-state index is 0.964. The maximum atomic E-state index is 5.41. The Labute approximate surface area is 96.9 Å². The van der Waals surface area contributed by atoms with Crippen LogP contribution in [0.5, 0.6) is 5.75 Å². The lowest BCUT2D eigenvalue weighted by atomic mass is 10.2. The second-order valence-corrected chi connectivity index (χ2v) is 5.04. The molecule has 0 saturated carbocycles. The fourth-order valence-electron chi connectivity index (χ4n) is 1.44. The van der Waals surface area contributed by atoms with Gasteiger partial charge < -0.3 is 4.74 Å². The monoisotopic (exact) mass is 242 g/mol. The third kappa shape index (κ3) is 1.51. The molecule has 1 aromatic carbocycles. The van der Waals surface area contributed by atoms with Crippen molar-refractivity contribution in [1.82, 2.24) is 0 Å². The van der Waals surface area contributed by atoms with Crippen molar-refractivity contribution >= 4 is 45.8 Å². The summed E-state index contributed by atoms with van der Waals surface area (Å²) in [6.07, 6.45) is 2.04. The zero-order chi connectivity index (χ0) is 10.1. The number of rotatable bonds is 2. The van der Waals surface area contributed by atoms with Crippen LogP contribution in [0.2, 0.25) is 0 Å². The summed E-state index contributed by atoms with van der Waals surface area (Å²) < 4.78 is 6.61. The lowest BCUT2D eigenvalue weighted by molar-refractivity contribution is 0.410. The zero-order valence-corrected chi connectivity index (χ0v) is 10.4. The maximum Gasteiger partial charge on any atom is 0.141 e. The van der Waals surface area contributed by atoms with E-state index >= 15 is 0 Å². The molecule has 0 aliphatic rings. The lowest BCUT2D eigenvalue weighted by Crippen LogP contribution is -1.87. The van der Waals surface area contributed by atoms with Crippen LogP contribution < -0.4 is 4.74 Å². The SMILES string of the molecule is COc1c(SC)cc(S)c2sccc12. The lowest BCUT2D eigenvalue weighted by Gasteiger charge is -2.08. The van der Waals surface area contributed by atoms with Crippen LogP contribution in [0.1, 0.15) is 0 Å². The molecule has 1 aromatic heterocycles. The molecule has 0 aliphatic heterocycles. The van der Waals surface area contributed by atoms with Crippen LogP contribution >= 0.6 is 35.7 Å². The Balaban J connectivity index is 2.82. The van der Waals surface area contributed by atoms with Crippen molar-refractivity contribution in [1.29, 1.82) is 0 Å². The van der Waals surface area contributed by atoms with Crippen LogP contribution in [-0.2, 0) is 0 Å². The number of thioether (sulfide) groups is 1. The average Bonchev–Trinajstić information content (AvgIpc) is 2.66. The standard InChI is InChI=1S/C10H10OS3/c1-11-9-6-3-4-14-10(6)7(12)5-8(9)13-2/h3-5,12H,1-2H3. The van der Waals surface area contributed by atoms with Crippen molar-refractivity contribution in [2.24, 2.45) is 0 Å². The van der Waals surface area contributed by atoms with Crippen LogP contribution in [0.25, 0.3) is 10.1 Å². The largest absolute Gasteiger partial charge is 0.495 e. The first-order valence-corrected chi connectivity index (χ1v) is 6.64. The van der Waals surface area contributed by atoms with E-state index < -0.39 is 0 Å². The van der Waals surface area contributed by atoms with E-state index in [-0.39, 0.29) is 0 Å². The Morgan fingerprint density at radius 1 is 1.50 bits per heavy atom. The van der Waals surface area contributed by atoms with Gasteiger partial charge in [-0.1, -0.05) is 0 Å². The number of benzene rings is 1. The Kier molecular flexibility index (Phi) is 2.95. The van der Waals surface area contributed by atoms with E-state index in [1.807, 2.05) is 6.26 Å². The van der Waals surface area contributed by atoms with Gasteiger partial charge in [-0.25, -0.2) is 0 Å². The molecule has 4 heteroatoms. The van der Waals surface area contributed by atoms with E-state index in [9.17, 15) is 0 Å². The fraction of sp³-hybridized carbons (Fsp3) is 0.200. The number of thiol groups is 1. The highest BCUT2D eigenvalue weighted by atomic mass is 32.2. The van der Waals surface area contributed by atoms with Gasteiger partial charge in [-0.2, -0.15) is 0 Å². The molecule has 2 aromatic rings. The van der Waals surface area contributed by atoms with E-state index in [1.165, 1.54) is 4.70 Å². The molecule has 0 saturated heterocycles. The van der Waals surface area contributed by atoms with Gasteiger partial charge in [-0.05, 0) is 23.8 Å². The molecule has 0 bridgehead atoms.